The topological polar surface area (TPSA) is 59.0 Å². The van der Waals surface area contributed by atoms with Crippen LogP contribution in [-0.2, 0) is 0 Å². The first kappa shape index (κ1) is 15.0. The lowest BCUT2D eigenvalue weighted by molar-refractivity contribution is 0.0660. The van der Waals surface area contributed by atoms with Crippen LogP contribution in [0.4, 0.5) is 0 Å². The van der Waals surface area contributed by atoms with Crippen LogP contribution in [0.1, 0.15) is 39.6 Å². The third kappa shape index (κ3) is 2.99. The number of imide groups is 1. The maximum Gasteiger partial charge on any atom is 0.282 e. The molecule has 0 aliphatic carbocycles. The van der Waals surface area contributed by atoms with Gasteiger partial charge in [0, 0.05) is 0 Å². The fourth-order valence-electron chi connectivity index (χ4n) is 2.28. The van der Waals surface area contributed by atoms with Crippen molar-refractivity contribution in [2.24, 2.45) is 5.10 Å². The number of carbonyl (C=O) groups excluding carboxylic acids is 2. The van der Waals surface area contributed by atoms with Gasteiger partial charge in [-0.05, 0) is 48.4 Å². The van der Waals surface area contributed by atoms with E-state index in [1.165, 1.54) is 6.21 Å². The van der Waals surface area contributed by atoms with Gasteiger partial charge in [0.1, 0.15) is 5.75 Å². The summed E-state index contributed by atoms with van der Waals surface area (Å²) in [7, 11) is 0. The normalized spacial score (nSPS) is 13.7. The van der Waals surface area contributed by atoms with E-state index in [9.17, 15) is 9.59 Å². The summed E-state index contributed by atoms with van der Waals surface area (Å²) >= 11 is 0. The van der Waals surface area contributed by atoms with Gasteiger partial charge in [-0.25, -0.2) is 0 Å². The Hall–Kier alpha value is -2.95. The van der Waals surface area contributed by atoms with E-state index in [0.29, 0.717) is 17.7 Å². The molecule has 1 heterocycles. The number of ether oxygens (including phenoxy) is 1. The predicted octanol–water partition coefficient (Wildman–Crippen LogP) is 3.11. The zero-order valence-corrected chi connectivity index (χ0v) is 12.7. The van der Waals surface area contributed by atoms with Gasteiger partial charge in [0.2, 0.25) is 0 Å². The van der Waals surface area contributed by atoms with Crippen molar-refractivity contribution in [3.8, 4) is 5.75 Å². The highest BCUT2D eigenvalue weighted by Crippen LogP contribution is 2.22. The highest BCUT2D eigenvalue weighted by molar-refractivity contribution is 6.21. The quantitative estimate of drug-likeness (QED) is 0.630. The van der Waals surface area contributed by atoms with Crippen LogP contribution in [0.15, 0.2) is 53.6 Å². The number of fused-ring (bicyclic) bond motifs is 1. The number of rotatable bonds is 5. The molecular formula is C18H16N2O3. The van der Waals surface area contributed by atoms with Crippen LogP contribution in [0.3, 0.4) is 0 Å². The van der Waals surface area contributed by atoms with Gasteiger partial charge in [0.25, 0.3) is 11.8 Å². The van der Waals surface area contributed by atoms with E-state index >= 15 is 0 Å². The Labute approximate surface area is 134 Å². The number of hydrogen-bond donors (Lipinski definition) is 0. The average Bonchev–Trinajstić information content (AvgIpc) is 2.84. The van der Waals surface area contributed by atoms with E-state index in [0.717, 1.165) is 22.7 Å². The van der Waals surface area contributed by atoms with E-state index in [4.69, 9.17) is 4.74 Å². The van der Waals surface area contributed by atoms with Gasteiger partial charge >= 0.3 is 0 Å². The highest BCUT2D eigenvalue weighted by atomic mass is 16.5. The molecule has 0 N–H and O–H groups in total. The van der Waals surface area contributed by atoms with Crippen LogP contribution >= 0.6 is 0 Å². The van der Waals surface area contributed by atoms with Crippen LogP contribution < -0.4 is 4.74 Å². The number of carbonyl (C=O) groups is 2. The van der Waals surface area contributed by atoms with Crippen molar-refractivity contribution in [3.63, 3.8) is 0 Å². The number of nitrogens with zero attached hydrogens (tertiary/aromatic N) is 2. The lowest BCUT2D eigenvalue weighted by atomic mass is 10.1. The molecule has 0 atom stereocenters. The smallest absolute Gasteiger partial charge is 0.282 e. The number of benzene rings is 2. The minimum atomic E-state index is -0.398. The lowest BCUT2D eigenvalue weighted by Gasteiger charge is -2.06. The minimum Gasteiger partial charge on any atom is -0.494 e. The summed E-state index contributed by atoms with van der Waals surface area (Å²) in [5.41, 5.74) is 1.56. The fourth-order valence-corrected chi connectivity index (χ4v) is 2.28. The van der Waals surface area contributed by atoms with E-state index in [1.807, 2.05) is 31.2 Å². The Balaban J connectivity index is 1.74. The minimum absolute atomic E-state index is 0.387. The van der Waals surface area contributed by atoms with E-state index < -0.39 is 11.8 Å². The Bertz CT molecular complexity index is 731. The molecule has 0 spiro atoms. The second kappa shape index (κ2) is 6.44. The molecule has 0 saturated heterocycles. The summed E-state index contributed by atoms with van der Waals surface area (Å²) in [5.74, 6) is -0.0146. The summed E-state index contributed by atoms with van der Waals surface area (Å²) < 4.78 is 5.50. The van der Waals surface area contributed by atoms with Crippen molar-refractivity contribution >= 4 is 18.0 Å². The maximum absolute atomic E-state index is 12.2. The Morgan fingerprint density at radius 3 is 2.17 bits per heavy atom. The fraction of sp³-hybridized carbons (Fsp3) is 0.167. The van der Waals surface area contributed by atoms with Gasteiger partial charge < -0.3 is 4.74 Å². The molecule has 3 rings (SSSR count). The number of hydrogen-bond acceptors (Lipinski definition) is 4. The Kier molecular flexibility index (Phi) is 4.19. The van der Waals surface area contributed by atoms with Gasteiger partial charge in [0.15, 0.2) is 0 Å². The third-order valence-corrected chi connectivity index (χ3v) is 3.45. The summed E-state index contributed by atoms with van der Waals surface area (Å²) in [6.45, 7) is 2.71. The average molecular weight is 308 g/mol. The van der Waals surface area contributed by atoms with Crippen molar-refractivity contribution in [1.82, 2.24) is 5.01 Å². The van der Waals surface area contributed by atoms with E-state index in [-0.39, 0.29) is 0 Å². The molecule has 1 aliphatic heterocycles. The molecule has 2 aromatic carbocycles. The zero-order chi connectivity index (χ0) is 16.2. The van der Waals surface area contributed by atoms with Gasteiger partial charge in [-0.2, -0.15) is 10.1 Å². The van der Waals surface area contributed by atoms with Crippen LogP contribution in [0.5, 0.6) is 5.75 Å². The van der Waals surface area contributed by atoms with Gasteiger partial charge in [0.05, 0.1) is 23.9 Å². The second-order valence-corrected chi connectivity index (χ2v) is 5.13. The third-order valence-electron chi connectivity index (χ3n) is 3.45. The highest BCUT2D eigenvalue weighted by Gasteiger charge is 2.35. The molecule has 23 heavy (non-hydrogen) atoms. The molecule has 116 valence electrons. The SMILES string of the molecule is CCCOc1ccc(/C=N\N2C(=O)c3ccccc3C2=O)cc1. The molecule has 5 nitrogen and oxygen atoms in total. The van der Waals surface area contributed by atoms with Crippen molar-refractivity contribution < 1.29 is 14.3 Å². The van der Waals surface area contributed by atoms with Crippen LogP contribution in [0.2, 0.25) is 0 Å². The molecule has 1 aliphatic rings. The summed E-state index contributed by atoms with van der Waals surface area (Å²) in [5, 5.41) is 4.93. The van der Waals surface area contributed by atoms with Crippen molar-refractivity contribution in [1.29, 1.82) is 0 Å². The number of amides is 2. The molecule has 0 saturated carbocycles. The first-order valence-electron chi connectivity index (χ1n) is 7.45. The first-order chi connectivity index (χ1) is 11.2. The van der Waals surface area contributed by atoms with Crippen LogP contribution in [0, 0.1) is 0 Å². The van der Waals surface area contributed by atoms with Crippen molar-refractivity contribution in [2.75, 3.05) is 6.61 Å². The first-order valence-corrected chi connectivity index (χ1v) is 7.45. The molecule has 2 amide bonds. The molecule has 0 aromatic heterocycles. The standard InChI is InChI=1S/C18H16N2O3/c1-2-11-23-14-9-7-13(8-10-14)12-19-20-17(21)15-5-3-4-6-16(15)18(20)22/h3-10,12H,2,11H2,1H3/b19-12-. The zero-order valence-electron chi connectivity index (χ0n) is 12.7. The molecule has 0 radical (unpaired) electrons. The molecule has 5 heteroatoms. The van der Waals surface area contributed by atoms with E-state index in [1.54, 1.807) is 24.3 Å². The molecule has 0 bridgehead atoms. The van der Waals surface area contributed by atoms with Crippen molar-refractivity contribution in [3.05, 3.63) is 65.2 Å². The molecule has 0 fully saturated rings. The summed E-state index contributed by atoms with van der Waals surface area (Å²) in [4.78, 5) is 24.3. The molecule has 0 unspecified atom stereocenters. The molecular weight excluding hydrogens is 292 g/mol. The van der Waals surface area contributed by atoms with Gasteiger partial charge in [-0.1, -0.05) is 19.1 Å². The van der Waals surface area contributed by atoms with Crippen molar-refractivity contribution in [2.45, 2.75) is 13.3 Å². The maximum atomic E-state index is 12.2. The second-order valence-electron chi connectivity index (χ2n) is 5.13. The summed E-state index contributed by atoms with van der Waals surface area (Å²) in [6.07, 6.45) is 2.44. The molecule has 2 aromatic rings. The van der Waals surface area contributed by atoms with Crippen LogP contribution in [0.25, 0.3) is 0 Å². The van der Waals surface area contributed by atoms with Gasteiger partial charge in [-0.15, -0.1) is 0 Å². The van der Waals surface area contributed by atoms with Gasteiger partial charge in [-0.3, -0.25) is 9.59 Å². The Morgan fingerprint density at radius 2 is 1.61 bits per heavy atom. The number of hydrazone groups is 1. The summed E-state index contributed by atoms with van der Waals surface area (Å²) in [6, 6.07) is 14.0. The van der Waals surface area contributed by atoms with Crippen LogP contribution in [-0.4, -0.2) is 29.6 Å². The predicted molar refractivity (Wildman–Crippen MR) is 86.8 cm³/mol. The van der Waals surface area contributed by atoms with E-state index in [2.05, 4.69) is 5.10 Å². The monoisotopic (exact) mass is 308 g/mol. The lowest BCUT2D eigenvalue weighted by Crippen LogP contribution is -2.23. The largest absolute Gasteiger partial charge is 0.494 e. The Morgan fingerprint density at radius 1 is 1.00 bits per heavy atom.